The minimum atomic E-state index is -0.331. The van der Waals surface area contributed by atoms with Gasteiger partial charge in [-0.25, -0.2) is 9.97 Å². The maximum absolute atomic E-state index is 11.1. The van der Waals surface area contributed by atoms with Crippen molar-refractivity contribution in [3.05, 3.63) is 35.2 Å². The Bertz CT molecular complexity index is 886. The molecule has 0 spiro atoms. The average molecular weight is 332 g/mol. The molecule has 1 aromatic carbocycles. The fraction of sp³-hybridized carbons (Fsp3) is 0.353. The second-order valence-corrected chi connectivity index (χ2v) is 6.29. The molecule has 2 aromatic heterocycles. The summed E-state index contributed by atoms with van der Waals surface area (Å²) in [5, 5.41) is 1.36. The Hall–Kier alpha value is -2.14. The molecule has 3 rings (SSSR count). The highest BCUT2D eigenvalue weighted by Crippen LogP contribution is 2.30. The van der Waals surface area contributed by atoms with E-state index in [4.69, 9.17) is 16.3 Å². The van der Waals surface area contributed by atoms with Crippen molar-refractivity contribution in [3.8, 4) is 0 Å². The van der Waals surface area contributed by atoms with E-state index >= 15 is 0 Å². The Balaban J connectivity index is 2.29. The fourth-order valence-electron chi connectivity index (χ4n) is 2.68. The number of nitrogens with zero attached hydrogens (tertiary/aromatic N) is 3. The molecule has 0 aliphatic rings. The van der Waals surface area contributed by atoms with E-state index in [1.165, 1.54) is 6.92 Å². The number of carbonyl (C=O) groups is 1. The summed E-state index contributed by atoms with van der Waals surface area (Å²) in [6.45, 7) is 6.54. The SMILES string of the molecule is CC(=O)OCc1nc2c(Cl)nc3ccccc3c2n1CC(C)C. The molecule has 0 radical (unpaired) electrons. The standard InChI is InChI=1S/C17H18ClN3O2/c1-10(2)8-21-14(9-23-11(3)22)20-15-16(21)12-6-4-5-7-13(12)19-17(15)18/h4-7,10H,8-9H2,1-3H3. The number of pyridine rings is 1. The first-order chi connectivity index (χ1) is 11.0. The number of fused-ring (bicyclic) bond motifs is 3. The summed E-state index contributed by atoms with van der Waals surface area (Å²) in [6.07, 6.45) is 0. The zero-order valence-corrected chi connectivity index (χ0v) is 14.1. The van der Waals surface area contributed by atoms with Crippen LogP contribution in [0.4, 0.5) is 0 Å². The van der Waals surface area contributed by atoms with Gasteiger partial charge < -0.3 is 9.30 Å². The highest BCUT2D eigenvalue weighted by molar-refractivity contribution is 6.35. The predicted molar refractivity (Wildman–Crippen MR) is 90.4 cm³/mol. The van der Waals surface area contributed by atoms with Crippen molar-refractivity contribution in [1.29, 1.82) is 0 Å². The van der Waals surface area contributed by atoms with Gasteiger partial charge in [-0.1, -0.05) is 43.6 Å². The molecule has 3 aromatic rings. The molecule has 5 nitrogen and oxygen atoms in total. The van der Waals surface area contributed by atoms with Crippen molar-refractivity contribution < 1.29 is 9.53 Å². The van der Waals surface area contributed by atoms with Gasteiger partial charge in [-0.3, -0.25) is 4.79 Å². The van der Waals surface area contributed by atoms with E-state index in [1.807, 2.05) is 24.3 Å². The second-order valence-electron chi connectivity index (χ2n) is 5.93. The summed E-state index contributed by atoms with van der Waals surface area (Å²) in [7, 11) is 0. The normalized spacial score (nSPS) is 11.5. The summed E-state index contributed by atoms with van der Waals surface area (Å²) < 4.78 is 7.23. The highest BCUT2D eigenvalue weighted by Gasteiger charge is 2.18. The number of halogens is 1. The largest absolute Gasteiger partial charge is 0.458 e. The van der Waals surface area contributed by atoms with Crippen LogP contribution >= 0.6 is 11.6 Å². The molecule has 0 saturated heterocycles. The van der Waals surface area contributed by atoms with Gasteiger partial charge in [-0.05, 0) is 12.0 Å². The number of hydrogen-bond acceptors (Lipinski definition) is 4. The van der Waals surface area contributed by atoms with Gasteiger partial charge in [0, 0.05) is 18.9 Å². The topological polar surface area (TPSA) is 57.0 Å². The number of esters is 1. The first kappa shape index (κ1) is 15.7. The second kappa shape index (κ2) is 6.16. The van der Waals surface area contributed by atoms with Crippen LogP contribution in [0.3, 0.4) is 0 Å². The van der Waals surface area contributed by atoms with Crippen LogP contribution < -0.4 is 0 Å². The smallest absolute Gasteiger partial charge is 0.303 e. The van der Waals surface area contributed by atoms with Gasteiger partial charge in [-0.15, -0.1) is 0 Å². The molecule has 0 bridgehead atoms. The van der Waals surface area contributed by atoms with Gasteiger partial charge in [-0.2, -0.15) is 0 Å². The van der Waals surface area contributed by atoms with Gasteiger partial charge in [0.15, 0.2) is 5.15 Å². The molecule has 0 unspecified atom stereocenters. The summed E-state index contributed by atoms with van der Waals surface area (Å²) in [5.74, 6) is 0.764. The van der Waals surface area contributed by atoms with E-state index in [-0.39, 0.29) is 12.6 Å². The first-order valence-corrected chi connectivity index (χ1v) is 7.92. The Morgan fingerprint density at radius 2 is 2.04 bits per heavy atom. The third kappa shape index (κ3) is 3.01. The van der Waals surface area contributed by atoms with Crippen molar-refractivity contribution in [3.63, 3.8) is 0 Å². The van der Waals surface area contributed by atoms with Crippen molar-refractivity contribution in [1.82, 2.24) is 14.5 Å². The van der Waals surface area contributed by atoms with E-state index in [0.29, 0.717) is 22.4 Å². The Morgan fingerprint density at radius 1 is 1.30 bits per heavy atom. The van der Waals surface area contributed by atoms with Crippen LogP contribution in [-0.2, 0) is 22.7 Å². The van der Waals surface area contributed by atoms with Crippen LogP contribution in [-0.4, -0.2) is 20.5 Å². The summed E-state index contributed by atoms with van der Waals surface area (Å²) in [5.41, 5.74) is 2.42. The van der Waals surface area contributed by atoms with E-state index < -0.39 is 0 Å². The van der Waals surface area contributed by atoms with Crippen molar-refractivity contribution >= 4 is 39.5 Å². The number of rotatable bonds is 4. The van der Waals surface area contributed by atoms with Crippen LogP contribution in [0, 0.1) is 5.92 Å². The lowest BCUT2D eigenvalue weighted by Gasteiger charge is -2.13. The zero-order valence-electron chi connectivity index (χ0n) is 13.3. The number of imidazole rings is 1. The van der Waals surface area contributed by atoms with E-state index in [9.17, 15) is 4.79 Å². The predicted octanol–water partition coefficient (Wildman–Crippen LogP) is 3.96. The molecule has 2 heterocycles. The van der Waals surface area contributed by atoms with E-state index in [2.05, 4.69) is 28.4 Å². The minimum absolute atomic E-state index is 0.126. The van der Waals surface area contributed by atoms with Gasteiger partial charge in [0.25, 0.3) is 0 Å². The number of carbonyl (C=O) groups excluding carboxylic acids is 1. The third-order valence-electron chi connectivity index (χ3n) is 3.57. The van der Waals surface area contributed by atoms with Gasteiger partial charge in [0.2, 0.25) is 0 Å². The molecule has 0 fully saturated rings. The first-order valence-electron chi connectivity index (χ1n) is 7.54. The van der Waals surface area contributed by atoms with Crippen molar-refractivity contribution in [2.24, 2.45) is 5.92 Å². The third-order valence-corrected chi connectivity index (χ3v) is 3.84. The number of benzene rings is 1. The molecule has 0 aliphatic carbocycles. The molecule has 0 atom stereocenters. The summed E-state index contributed by atoms with van der Waals surface area (Å²) in [6, 6.07) is 7.84. The van der Waals surface area contributed by atoms with Gasteiger partial charge in [0.1, 0.15) is 17.9 Å². The van der Waals surface area contributed by atoms with Crippen LogP contribution in [0.5, 0.6) is 0 Å². The summed E-state index contributed by atoms with van der Waals surface area (Å²) >= 11 is 6.33. The average Bonchev–Trinajstić information content (AvgIpc) is 2.84. The maximum Gasteiger partial charge on any atom is 0.303 e. The molecular formula is C17H18ClN3O2. The quantitative estimate of drug-likeness (QED) is 0.536. The van der Waals surface area contributed by atoms with Crippen LogP contribution in [0.2, 0.25) is 5.15 Å². The number of para-hydroxylation sites is 1. The lowest BCUT2D eigenvalue weighted by Crippen LogP contribution is -2.11. The monoisotopic (exact) mass is 331 g/mol. The molecule has 0 saturated carbocycles. The summed E-state index contributed by atoms with van der Waals surface area (Å²) in [4.78, 5) is 20.1. The fourth-order valence-corrected chi connectivity index (χ4v) is 2.91. The Labute approximate surface area is 139 Å². The molecule has 6 heteroatoms. The van der Waals surface area contributed by atoms with E-state index in [0.717, 1.165) is 23.0 Å². The van der Waals surface area contributed by atoms with Crippen LogP contribution in [0.15, 0.2) is 24.3 Å². The van der Waals surface area contributed by atoms with Crippen LogP contribution in [0.25, 0.3) is 21.9 Å². The number of ether oxygens (including phenoxy) is 1. The maximum atomic E-state index is 11.1. The number of aromatic nitrogens is 3. The van der Waals surface area contributed by atoms with Gasteiger partial charge >= 0.3 is 5.97 Å². The lowest BCUT2D eigenvalue weighted by atomic mass is 10.1. The molecule has 0 aliphatic heterocycles. The number of hydrogen-bond donors (Lipinski definition) is 0. The molecule has 0 amide bonds. The Kier molecular flexibility index (Phi) is 4.22. The molecular weight excluding hydrogens is 314 g/mol. The Morgan fingerprint density at radius 3 is 2.74 bits per heavy atom. The minimum Gasteiger partial charge on any atom is -0.458 e. The zero-order chi connectivity index (χ0) is 16.6. The van der Waals surface area contributed by atoms with Crippen LogP contribution in [0.1, 0.15) is 26.6 Å². The molecule has 23 heavy (non-hydrogen) atoms. The highest BCUT2D eigenvalue weighted by atomic mass is 35.5. The van der Waals surface area contributed by atoms with Gasteiger partial charge in [0.05, 0.1) is 11.0 Å². The molecule has 120 valence electrons. The molecule has 0 N–H and O–H groups in total. The lowest BCUT2D eigenvalue weighted by molar-refractivity contribution is -0.142. The van der Waals surface area contributed by atoms with E-state index in [1.54, 1.807) is 0 Å². The van der Waals surface area contributed by atoms with Crippen molar-refractivity contribution in [2.45, 2.75) is 33.9 Å². The van der Waals surface area contributed by atoms with Crippen molar-refractivity contribution in [2.75, 3.05) is 0 Å².